The summed E-state index contributed by atoms with van der Waals surface area (Å²) in [6.07, 6.45) is 0.943. The van der Waals surface area contributed by atoms with E-state index in [1.807, 2.05) is 24.3 Å². The molecule has 20 heavy (non-hydrogen) atoms. The number of aromatic amines is 1. The third kappa shape index (κ3) is 3.09. The van der Waals surface area contributed by atoms with Gasteiger partial charge >= 0.3 is 11.9 Å². The first kappa shape index (κ1) is 13.9. The van der Waals surface area contributed by atoms with Gasteiger partial charge in [-0.15, -0.1) is 0 Å². The number of hydrogen-bond acceptors (Lipinski definition) is 5. The molecule has 106 valence electrons. The molecule has 0 saturated carbocycles. The Hall–Kier alpha value is -2.50. The lowest BCUT2D eigenvalue weighted by Gasteiger charge is -2.12. The fourth-order valence-corrected chi connectivity index (χ4v) is 1.75. The molecule has 1 N–H and O–H groups in total. The van der Waals surface area contributed by atoms with Crippen molar-refractivity contribution < 1.29 is 24.1 Å². The lowest BCUT2D eigenvalue weighted by Crippen LogP contribution is -2.28. The zero-order chi connectivity index (χ0) is 14.5. The molecule has 6 nitrogen and oxygen atoms in total. The molecular formula is C14H15NO5. The van der Waals surface area contributed by atoms with Crippen molar-refractivity contribution in [2.75, 3.05) is 0 Å². The van der Waals surface area contributed by atoms with Gasteiger partial charge < -0.3 is 9.72 Å². The minimum Gasteiger partial charge on any atom is -0.450 e. The zero-order valence-corrected chi connectivity index (χ0v) is 11.2. The molecule has 0 aliphatic heterocycles. The second kappa shape index (κ2) is 6.10. The van der Waals surface area contributed by atoms with Crippen molar-refractivity contribution in [3.63, 3.8) is 0 Å². The highest BCUT2D eigenvalue weighted by Gasteiger charge is 2.23. The van der Waals surface area contributed by atoms with E-state index in [1.165, 1.54) is 6.92 Å². The summed E-state index contributed by atoms with van der Waals surface area (Å²) in [7, 11) is 0. The highest BCUT2D eigenvalue weighted by atomic mass is 17.2. The van der Waals surface area contributed by atoms with E-state index in [0.717, 1.165) is 10.9 Å². The van der Waals surface area contributed by atoms with E-state index in [2.05, 4.69) is 4.98 Å². The first-order valence-electron chi connectivity index (χ1n) is 6.23. The molecule has 0 saturated heterocycles. The third-order valence-electron chi connectivity index (χ3n) is 2.71. The average molecular weight is 277 g/mol. The monoisotopic (exact) mass is 277 g/mol. The van der Waals surface area contributed by atoms with E-state index in [0.29, 0.717) is 12.2 Å². The summed E-state index contributed by atoms with van der Waals surface area (Å²) in [6, 6.07) is 7.43. The molecule has 1 aromatic carbocycles. The van der Waals surface area contributed by atoms with Gasteiger partial charge in [0.2, 0.25) is 11.9 Å². The maximum absolute atomic E-state index is 11.7. The van der Waals surface area contributed by atoms with E-state index in [9.17, 15) is 9.59 Å². The topological polar surface area (TPSA) is 77.6 Å². The summed E-state index contributed by atoms with van der Waals surface area (Å²) in [5, 5.41) is 0.792. The average Bonchev–Trinajstić information content (AvgIpc) is 2.85. The van der Waals surface area contributed by atoms with Crippen molar-refractivity contribution in [2.24, 2.45) is 0 Å². The summed E-state index contributed by atoms with van der Waals surface area (Å²) >= 11 is 0. The van der Waals surface area contributed by atoms with Crippen molar-refractivity contribution in [2.45, 2.75) is 26.4 Å². The van der Waals surface area contributed by atoms with E-state index in [-0.39, 0.29) is 0 Å². The van der Waals surface area contributed by atoms with E-state index >= 15 is 0 Å². The largest absolute Gasteiger partial charge is 0.450 e. The number of esters is 1. The summed E-state index contributed by atoms with van der Waals surface area (Å²) < 4.78 is 4.82. The number of carbonyl (C=O) groups excluding carboxylic acids is 2. The number of carbonyl (C=O) groups is 2. The van der Waals surface area contributed by atoms with Crippen LogP contribution in [0, 0.1) is 0 Å². The molecule has 0 bridgehead atoms. The van der Waals surface area contributed by atoms with Crippen LogP contribution in [0.15, 0.2) is 30.5 Å². The first-order chi connectivity index (χ1) is 9.61. The number of benzene rings is 1. The van der Waals surface area contributed by atoms with E-state index < -0.39 is 18.0 Å². The molecule has 2 aromatic rings. The molecule has 1 heterocycles. The van der Waals surface area contributed by atoms with E-state index in [1.54, 1.807) is 13.1 Å². The normalized spacial score (nSPS) is 11.9. The van der Waals surface area contributed by atoms with Gasteiger partial charge in [0.1, 0.15) is 0 Å². The predicted molar refractivity (Wildman–Crippen MR) is 70.9 cm³/mol. The minimum atomic E-state index is -0.960. The lowest BCUT2D eigenvalue weighted by atomic mass is 10.2. The molecular weight excluding hydrogens is 262 g/mol. The summed E-state index contributed by atoms with van der Waals surface area (Å²) in [5.41, 5.74) is 0.866. The molecule has 0 amide bonds. The number of rotatable bonds is 5. The Morgan fingerprint density at radius 2 is 2.05 bits per heavy atom. The van der Waals surface area contributed by atoms with Gasteiger partial charge in [-0.1, -0.05) is 19.1 Å². The lowest BCUT2D eigenvalue weighted by molar-refractivity contribution is -0.224. The molecule has 0 radical (unpaired) electrons. The predicted octanol–water partition coefficient (Wildman–Crippen LogP) is 2.35. The summed E-state index contributed by atoms with van der Waals surface area (Å²) in [5.74, 6) is -0.888. The molecule has 1 unspecified atom stereocenters. The Labute approximate surface area is 115 Å². The fourth-order valence-electron chi connectivity index (χ4n) is 1.75. The Kier molecular flexibility index (Phi) is 4.24. The maximum atomic E-state index is 11.7. The van der Waals surface area contributed by atoms with Crippen LogP contribution >= 0.6 is 0 Å². The highest BCUT2D eigenvalue weighted by molar-refractivity contribution is 5.86. The summed E-state index contributed by atoms with van der Waals surface area (Å²) in [6.45, 7) is 2.94. The molecule has 1 atom stereocenters. The van der Waals surface area contributed by atoms with Crippen LogP contribution in [0.3, 0.4) is 0 Å². The van der Waals surface area contributed by atoms with Gasteiger partial charge in [-0.05, 0) is 18.6 Å². The van der Waals surface area contributed by atoms with Crippen LogP contribution in [0.25, 0.3) is 10.9 Å². The molecule has 1 aromatic heterocycles. The van der Waals surface area contributed by atoms with Gasteiger partial charge in [-0.25, -0.2) is 9.68 Å². The van der Waals surface area contributed by atoms with E-state index in [4.69, 9.17) is 14.5 Å². The summed E-state index contributed by atoms with van der Waals surface area (Å²) in [4.78, 5) is 35.3. The van der Waals surface area contributed by atoms with Crippen molar-refractivity contribution in [3.8, 4) is 5.75 Å². The molecule has 0 aliphatic carbocycles. The SMILES string of the molecule is CCC(OC(C)=O)C(=O)OOc1c[nH]c2ccccc12. The number of para-hydroxylation sites is 1. The van der Waals surface area contributed by atoms with Crippen molar-refractivity contribution in [3.05, 3.63) is 30.5 Å². The van der Waals surface area contributed by atoms with Gasteiger partial charge in [-0.2, -0.15) is 0 Å². The van der Waals surface area contributed by atoms with Crippen LogP contribution in [0.5, 0.6) is 5.75 Å². The molecule has 0 spiro atoms. The van der Waals surface area contributed by atoms with Crippen LogP contribution in [0.2, 0.25) is 0 Å². The van der Waals surface area contributed by atoms with Gasteiger partial charge in [-0.3, -0.25) is 9.68 Å². The fraction of sp³-hybridized carbons (Fsp3) is 0.286. The van der Waals surface area contributed by atoms with Crippen molar-refractivity contribution in [1.29, 1.82) is 0 Å². The van der Waals surface area contributed by atoms with Gasteiger partial charge in [0, 0.05) is 24.0 Å². The van der Waals surface area contributed by atoms with Crippen LogP contribution in [-0.2, 0) is 19.2 Å². The molecule has 6 heteroatoms. The second-order valence-corrected chi connectivity index (χ2v) is 4.19. The number of hydrogen-bond donors (Lipinski definition) is 1. The Morgan fingerprint density at radius 3 is 2.75 bits per heavy atom. The van der Waals surface area contributed by atoms with Crippen molar-refractivity contribution >= 4 is 22.8 Å². The Bertz CT molecular complexity index is 619. The number of nitrogens with one attached hydrogen (secondary N) is 1. The molecule has 0 aliphatic rings. The van der Waals surface area contributed by atoms with Crippen LogP contribution in [0.4, 0.5) is 0 Å². The maximum Gasteiger partial charge on any atom is 0.395 e. The van der Waals surface area contributed by atoms with Gasteiger partial charge in [0.05, 0.1) is 0 Å². The third-order valence-corrected chi connectivity index (χ3v) is 2.71. The number of H-pyrrole nitrogens is 1. The first-order valence-corrected chi connectivity index (χ1v) is 6.23. The highest BCUT2D eigenvalue weighted by Crippen LogP contribution is 2.25. The van der Waals surface area contributed by atoms with Crippen LogP contribution in [0.1, 0.15) is 20.3 Å². The number of ether oxygens (including phenoxy) is 1. The number of aromatic nitrogens is 1. The second-order valence-electron chi connectivity index (χ2n) is 4.19. The van der Waals surface area contributed by atoms with Gasteiger partial charge in [0.25, 0.3) is 0 Å². The Balaban J connectivity index is 2.01. The quantitative estimate of drug-likeness (QED) is 0.515. The van der Waals surface area contributed by atoms with Crippen LogP contribution in [-0.4, -0.2) is 23.0 Å². The Morgan fingerprint density at radius 1 is 1.30 bits per heavy atom. The molecule has 0 fully saturated rings. The molecule has 2 rings (SSSR count). The van der Waals surface area contributed by atoms with Crippen molar-refractivity contribution in [1.82, 2.24) is 4.98 Å². The van der Waals surface area contributed by atoms with Gasteiger partial charge in [0.15, 0.2) is 0 Å². The van der Waals surface area contributed by atoms with Crippen LogP contribution < -0.4 is 4.89 Å². The smallest absolute Gasteiger partial charge is 0.395 e. The minimum absolute atomic E-state index is 0.315. The zero-order valence-electron chi connectivity index (χ0n) is 11.2. The number of fused-ring (bicyclic) bond motifs is 1. The standard InChI is InChI=1S/C14H15NO5/c1-3-12(18-9(2)16)14(17)20-19-13-8-15-11-7-5-4-6-10(11)13/h4-8,12,15H,3H2,1-2H3.